The second-order valence-corrected chi connectivity index (χ2v) is 10.00. The number of amides is 1. The van der Waals surface area contributed by atoms with Gasteiger partial charge in [0.05, 0.1) is 18.7 Å². The number of nitrogens with zero attached hydrogens (tertiary/aromatic N) is 1. The predicted octanol–water partition coefficient (Wildman–Crippen LogP) is 3.53. The van der Waals surface area contributed by atoms with Crippen molar-refractivity contribution in [2.75, 3.05) is 19.8 Å². The lowest BCUT2D eigenvalue weighted by atomic mass is 9.82. The summed E-state index contributed by atoms with van der Waals surface area (Å²) in [5.74, 6) is 1.49. The van der Waals surface area contributed by atoms with E-state index in [1.54, 1.807) is 0 Å². The second-order valence-electron chi connectivity index (χ2n) is 10.00. The van der Waals surface area contributed by atoms with Gasteiger partial charge in [0.1, 0.15) is 17.5 Å². The number of benzene rings is 2. The smallest absolute Gasteiger partial charge is 0.242 e. The minimum Gasteiger partial charge on any atom is -0.507 e. The molecule has 0 bridgehead atoms. The normalized spacial score (nSPS) is 24.2. The third-order valence-electron chi connectivity index (χ3n) is 6.94. The monoisotopic (exact) mass is 467 g/mol. The number of aromatic hydroxyl groups is 1. The van der Waals surface area contributed by atoms with E-state index in [-0.39, 0.29) is 36.3 Å². The molecule has 2 aliphatic rings. The van der Waals surface area contributed by atoms with Gasteiger partial charge in [-0.25, -0.2) is 10.9 Å². The van der Waals surface area contributed by atoms with Crippen LogP contribution in [0.2, 0.25) is 0 Å². The molecular formula is C27H37N3O4. The summed E-state index contributed by atoms with van der Waals surface area (Å²) in [5, 5.41) is 20.4. The van der Waals surface area contributed by atoms with Crippen LogP contribution in [-0.2, 0) is 4.79 Å². The second kappa shape index (κ2) is 10.3. The highest BCUT2D eigenvalue weighted by molar-refractivity contribution is 5.86. The van der Waals surface area contributed by atoms with E-state index in [1.165, 1.54) is 0 Å². The molecule has 0 aliphatic carbocycles. The molecule has 2 aromatic rings. The number of carbonyl (C=O) groups is 1. The van der Waals surface area contributed by atoms with Crippen LogP contribution in [0.5, 0.6) is 11.5 Å². The topological polar surface area (TPSA) is 94.1 Å². The zero-order valence-electron chi connectivity index (χ0n) is 20.5. The van der Waals surface area contributed by atoms with Gasteiger partial charge in [0.15, 0.2) is 0 Å². The van der Waals surface area contributed by atoms with Gasteiger partial charge in [0, 0.05) is 24.6 Å². The number of aliphatic hydroxyl groups is 1. The van der Waals surface area contributed by atoms with E-state index < -0.39 is 6.04 Å². The molecular weight excluding hydrogens is 430 g/mol. The summed E-state index contributed by atoms with van der Waals surface area (Å²) < 4.78 is 6.02. The molecule has 4 N–H and O–H groups in total. The van der Waals surface area contributed by atoms with E-state index in [1.807, 2.05) is 55.1 Å². The van der Waals surface area contributed by atoms with Crippen molar-refractivity contribution in [1.82, 2.24) is 15.8 Å². The number of likely N-dealkylation sites (tertiary alicyclic amines) is 1. The maximum atomic E-state index is 13.5. The third kappa shape index (κ3) is 4.78. The molecule has 2 fully saturated rings. The van der Waals surface area contributed by atoms with Crippen LogP contribution in [-0.4, -0.2) is 46.8 Å². The van der Waals surface area contributed by atoms with Gasteiger partial charge in [-0.1, -0.05) is 43.7 Å². The van der Waals surface area contributed by atoms with E-state index in [4.69, 9.17) is 4.74 Å². The molecule has 0 radical (unpaired) electrons. The first kappa shape index (κ1) is 24.5. The zero-order valence-corrected chi connectivity index (χ0v) is 20.5. The lowest BCUT2D eigenvalue weighted by Gasteiger charge is -2.32. The maximum absolute atomic E-state index is 13.5. The lowest BCUT2D eigenvalue weighted by Crippen LogP contribution is -2.41. The first-order valence-corrected chi connectivity index (χ1v) is 12.3. The largest absolute Gasteiger partial charge is 0.507 e. The average Bonchev–Trinajstić information content (AvgIpc) is 3.33. The summed E-state index contributed by atoms with van der Waals surface area (Å²) in [6.07, 6.45) is 1.49. The van der Waals surface area contributed by atoms with Crippen LogP contribution in [0.3, 0.4) is 0 Å². The number of phenols is 1. The van der Waals surface area contributed by atoms with Gasteiger partial charge in [-0.05, 0) is 55.9 Å². The molecule has 2 aromatic carbocycles. The number of nitrogens with one attached hydrogen (secondary N) is 2. The van der Waals surface area contributed by atoms with E-state index in [2.05, 4.69) is 24.7 Å². The summed E-state index contributed by atoms with van der Waals surface area (Å²) >= 11 is 0. The van der Waals surface area contributed by atoms with Gasteiger partial charge in [-0.3, -0.25) is 4.79 Å². The summed E-state index contributed by atoms with van der Waals surface area (Å²) in [4.78, 5) is 15.3. The van der Waals surface area contributed by atoms with E-state index >= 15 is 0 Å². The van der Waals surface area contributed by atoms with Crippen LogP contribution in [0.15, 0.2) is 36.4 Å². The van der Waals surface area contributed by atoms with Crippen molar-refractivity contribution < 1.29 is 19.7 Å². The fourth-order valence-electron chi connectivity index (χ4n) is 5.29. The molecule has 0 saturated carbocycles. The first-order chi connectivity index (χ1) is 16.3. The number of fused-ring (bicyclic) bond motifs is 1. The fraction of sp³-hybridized carbons (Fsp3) is 0.519. The molecule has 2 saturated heterocycles. The standard InChI is InChI=1S/C27H37N3O4/c1-16(2)9-12-34-20-8-5-7-19(15-20)25-22-23(21-14-17(3)13-18(4)26(21)32)28-29-24(22)27(33)30(25)10-6-11-31/h5,7-8,13-16,22-25,28-29,31-32H,6,9-12H2,1-4H3. The summed E-state index contributed by atoms with van der Waals surface area (Å²) in [7, 11) is 0. The van der Waals surface area contributed by atoms with E-state index in [0.717, 1.165) is 34.4 Å². The van der Waals surface area contributed by atoms with Crippen LogP contribution < -0.4 is 15.6 Å². The minimum absolute atomic E-state index is 0.00782. The Kier molecular flexibility index (Phi) is 7.45. The summed E-state index contributed by atoms with van der Waals surface area (Å²) in [5.41, 5.74) is 10.2. The van der Waals surface area contributed by atoms with Crippen molar-refractivity contribution in [3.8, 4) is 11.5 Å². The van der Waals surface area contributed by atoms with Crippen molar-refractivity contribution >= 4 is 5.91 Å². The van der Waals surface area contributed by atoms with Gasteiger partial charge in [0.25, 0.3) is 0 Å². The average molecular weight is 468 g/mol. The quantitative estimate of drug-likeness (QED) is 0.451. The summed E-state index contributed by atoms with van der Waals surface area (Å²) in [6, 6.07) is 11.1. The lowest BCUT2D eigenvalue weighted by molar-refractivity contribution is -0.130. The predicted molar refractivity (Wildman–Crippen MR) is 131 cm³/mol. The fourth-order valence-corrected chi connectivity index (χ4v) is 5.29. The van der Waals surface area contributed by atoms with Crippen molar-refractivity contribution in [3.63, 3.8) is 0 Å². The number of carbonyl (C=O) groups excluding carboxylic acids is 1. The van der Waals surface area contributed by atoms with Crippen LogP contribution in [0.25, 0.3) is 0 Å². The molecule has 7 nitrogen and oxygen atoms in total. The SMILES string of the molecule is Cc1cc(C)c(O)c(C2NNC3C(=O)N(CCCO)C(c4cccc(OCCC(C)C)c4)C32)c1. The number of hydrazine groups is 1. The van der Waals surface area contributed by atoms with Gasteiger partial charge in [-0.15, -0.1) is 0 Å². The van der Waals surface area contributed by atoms with Crippen LogP contribution in [0.1, 0.15) is 61.0 Å². The van der Waals surface area contributed by atoms with E-state index in [0.29, 0.717) is 25.5 Å². The van der Waals surface area contributed by atoms with Crippen molar-refractivity contribution in [2.45, 2.75) is 58.7 Å². The molecule has 4 rings (SSSR count). The number of phenolic OH excluding ortho intramolecular Hbond substituents is 1. The molecule has 184 valence electrons. The number of hydrogen-bond donors (Lipinski definition) is 4. The Morgan fingerprint density at radius 2 is 1.88 bits per heavy atom. The maximum Gasteiger partial charge on any atom is 0.242 e. The van der Waals surface area contributed by atoms with Crippen molar-refractivity contribution in [1.29, 1.82) is 0 Å². The molecule has 2 aliphatic heterocycles. The molecule has 2 heterocycles. The number of aliphatic hydroxyl groups excluding tert-OH is 1. The Balaban J connectivity index is 1.71. The highest BCUT2D eigenvalue weighted by Crippen LogP contribution is 2.49. The zero-order chi connectivity index (χ0) is 24.4. The van der Waals surface area contributed by atoms with Gasteiger partial charge < -0.3 is 19.8 Å². The highest BCUT2D eigenvalue weighted by Gasteiger charge is 2.55. The molecule has 1 amide bonds. The first-order valence-electron chi connectivity index (χ1n) is 12.3. The third-order valence-corrected chi connectivity index (χ3v) is 6.94. The Morgan fingerprint density at radius 3 is 2.62 bits per heavy atom. The molecule has 34 heavy (non-hydrogen) atoms. The Hall–Kier alpha value is -2.61. The highest BCUT2D eigenvalue weighted by atomic mass is 16.5. The van der Waals surface area contributed by atoms with Gasteiger partial charge in [-0.2, -0.15) is 0 Å². The van der Waals surface area contributed by atoms with Crippen molar-refractivity contribution in [2.24, 2.45) is 11.8 Å². The Bertz CT molecular complexity index is 1020. The molecule has 4 atom stereocenters. The summed E-state index contributed by atoms with van der Waals surface area (Å²) in [6.45, 7) is 9.40. The van der Waals surface area contributed by atoms with Crippen molar-refractivity contribution in [3.05, 3.63) is 58.7 Å². The molecule has 0 aromatic heterocycles. The number of hydrogen-bond acceptors (Lipinski definition) is 6. The van der Waals surface area contributed by atoms with Gasteiger partial charge >= 0.3 is 0 Å². The van der Waals surface area contributed by atoms with Crippen LogP contribution in [0.4, 0.5) is 0 Å². The number of aryl methyl sites for hydroxylation is 2. The molecule has 7 heteroatoms. The number of rotatable bonds is 9. The Labute approximate surface area is 202 Å². The Morgan fingerprint density at radius 1 is 1.12 bits per heavy atom. The molecule has 0 spiro atoms. The van der Waals surface area contributed by atoms with Crippen LogP contribution >= 0.6 is 0 Å². The number of ether oxygens (including phenoxy) is 1. The van der Waals surface area contributed by atoms with E-state index in [9.17, 15) is 15.0 Å². The van der Waals surface area contributed by atoms with Crippen LogP contribution in [0, 0.1) is 25.7 Å². The van der Waals surface area contributed by atoms with Gasteiger partial charge in [0.2, 0.25) is 5.91 Å². The molecule has 4 unspecified atom stereocenters. The minimum atomic E-state index is -0.417.